The Hall–Kier alpha value is -1.31. The highest BCUT2D eigenvalue weighted by atomic mass is 32.2. The number of carbonyl (C=O) groups excluding carboxylic acids is 1. The molecule has 1 aliphatic rings. The smallest absolute Gasteiger partial charge is 0.314 e. The number of sulfone groups is 1. The van der Waals surface area contributed by atoms with Crippen molar-refractivity contribution in [3.63, 3.8) is 0 Å². The first-order valence-corrected chi connectivity index (χ1v) is 8.57. The predicted octanol–water partition coefficient (Wildman–Crippen LogP) is 0.221. The topological polar surface area (TPSA) is 113 Å². The summed E-state index contributed by atoms with van der Waals surface area (Å²) >= 11 is 0. The molecule has 0 aliphatic carbocycles. The fourth-order valence-electron chi connectivity index (χ4n) is 2.07. The quantitative estimate of drug-likeness (QED) is 0.582. The average Bonchev–Trinajstić information content (AvgIpc) is 2.71. The maximum Gasteiger partial charge on any atom is 0.314 e. The van der Waals surface area contributed by atoms with Crippen LogP contribution < -0.4 is 10.6 Å². The van der Waals surface area contributed by atoms with Gasteiger partial charge in [-0.15, -0.1) is 0 Å². The third-order valence-corrected chi connectivity index (χ3v) is 5.24. The van der Waals surface area contributed by atoms with Crippen molar-refractivity contribution in [2.45, 2.75) is 26.2 Å². The Balaban J connectivity index is 2.08. The van der Waals surface area contributed by atoms with Crippen LogP contribution in [-0.2, 0) is 14.6 Å². The first kappa shape index (κ1) is 16.7. The van der Waals surface area contributed by atoms with Gasteiger partial charge in [0.15, 0.2) is 9.84 Å². The van der Waals surface area contributed by atoms with E-state index in [-0.39, 0.29) is 23.5 Å². The number of carboxylic acid groups (broad SMARTS) is 1. The molecule has 1 fully saturated rings. The zero-order valence-corrected chi connectivity index (χ0v) is 12.4. The molecular weight excluding hydrogens is 284 g/mol. The summed E-state index contributed by atoms with van der Waals surface area (Å²) in [7, 11) is -2.91. The Kier molecular flexibility index (Phi) is 6.25. The SMILES string of the molecule is CC(CCCNC(=O)NCC1CCS(=O)(=O)C1)C(=O)O. The van der Waals surface area contributed by atoms with Gasteiger partial charge >= 0.3 is 12.0 Å². The van der Waals surface area contributed by atoms with Crippen molar-refractivity contribution in [3.05, 3.63) is 0 Å². The molecular formula is C12H22N2O5S. The fourth-order valence-corrected chi connectivity index (χ4v) is 3.93. The minimum atomic E-state index is -2.91. The van der Waals surface area contributed by atoms with E-state index in [0.29, 0.717) is 32.4 Å². The van der Waals surface area contributed by atoms with E-state index >= 15 is 0 Å². The molecule has 0 radical (unpaired) electrons. The average molecular weight is 306 g/mol. The zero-order chi connectivity index (χ0) is 15.2. The van der Waals surface area contributed by atoms with Crippen LogP contribution in [0.1, 0.15) is 26.2 Å². The largest absolute Gasteiger partial charge is 0.481 e. The van der Waals surface area contributed by atoms with Crippen LogP contribution in [0.2, 0.25) is 0 Å². The molecule has 116 valence electrons. The fraction of sp³-hybridized carbons (Fsp3) is 0.833. The van der Waals surface area contributed by atoms with Crippen molar-refractivity contribution in [2.24, 2.45) is 11.8 Å². The lowest BCUT2D eigenvalue weighted by molar-refractivity contribution is -0.141. The van der Waals surface area contributed by atoms with Gasteiger partial charge in [0.05, 0.1) is 17.4 Å². The lowest BCUT2D eigenvalue weighted by Gasteiger charge is -2.11. The van der Waals surface area contributed by atoms with Gasteiger partial charge in [-0.25, -0.2) is 13.2 Å². The van der Waals surface area contributed by atoms with E-state index < -0.39 is 21.7 Å². The van der Waals surface area contributed by atoms with Gasteiger partial charge in [-0.05, 0) is 25.2 Å². The number of carbonyl (C=O) groups is 2. The van der Waals surface area contributed by atoms with Crippen molar-refractivity contribution < 1.29 is 23.1 Å². The summed E-state index contributed by atoms with van der Waals surface area (Å²) in [6, 6.07) is -0.336. The third-order valence-electron chi connectivity index (χ3n) is 3.40. The van der Waals surface area contributed by atoms with Gasteiger partial charge in [0.25, 0.3) is 0 Å². The Bertz CT molecular complexity index is 449. The number of aliphatic carboxylic acids is 1. The molecule has 3 N–H and O–H groups in total. The van der Waals surface area contributed by atoms with E-state index in [9.17, 15) is 18.0 Å². The molecule has 0 aromatic rings. The Labute approximate surface area is 119 Å². The molecule has 0 saturated carbocycles. The molecule has 0 aromatic carbocycles. The summed E-state index contributed by atoms with van der Waals surface area (Å²) in [5.74, 6) is -0.907. The van der Waals surface area contributed by atoms with Crippen LogP contribution in [0.25, 0.3) is 0 Å². The Morgan fingerprint density at radius 3 is 2.60 bits per heavy atom. The Morgan fingerprint density at radius 1 is 1.35 bits per heavy atom. The second-order valence-electron chi connectivity index (χ2n) is 5.29. The van der Waals surface area contributed by atoms with Crippen LogP contribution in [0.3, 0.4) is 0 Å². The highest BCUT2D eigenvalue weighted by Crippen LogP contribution is 2.17. The summed E-state index contributed by atoms with van der Waals surface area (Å²) in [4.78, 5) is 22.0. The lowest BCUT2D eigenvalue weighted by Crippen LogP contribution is -2.39. The van der Waals surface area contributed by atoms with Gasteiger partial charge in [0.1, 0.15) is 0 Å². The molecule has 1 heterocycles. The normalized spacial score (nSPS) is 22.1. The number of amides is 2. The number of rotatable bonds is 7. The molecule has 0 bridgehead atoms. The second kappa shape index (κ2) is 7.47. The van der Waals surface area contributed by atoms with Crippen molar-refractivity contribution in [1.29, 1.82) is 0 Å². The van der Waals surface area contributed by atoms with Gasteiger partial charge in [-0.3, -0.25) is 4.79 Å². The van der Waals surface area contributed by atoms with E-state index in [1.165, 1.54) is 0 Å². The highest BCUT2D eigenvalue weighted by Gasteiger charge is 2.27. The van der Waals surface area contributed by atoms with E-state index in [1.807, 2.05) is 0 Å². The molecule has 1 rings (SSSR count). The number of urea groups is 1. The van der Waals surface area contributed by atoms with E-state index in [1.54, 1.807) is 6.92 Å². The van der Waals surface area contributed by atoms with Gasteiger partial charge in [-0.2, -0.15) is 0 Å². The number of carboxylic acids is 1. The lowest BCUT2D eigenvalue weighted by atomic mass is 10.1. The summed E-state index contributed by atoms with van der Waals surface area (Å²) < 4.78 is 22.5. The Morgan fingerprint density at radius 2 is 2.05 bits per heavy atom. The molecule has 2 unspecified atom stereocenters. The van der Waals surface area contributed by atoms with Crippen molar-refractivity contribution in [2.75, 3.05) is 24.6 Å². The van der Waals surface area contributed by atoms with Crippen LogP contribution in [0, 0.1) is 11.8 Å². The molecule has 1 saturated heterocycles. The molecule has 0 aromatic heterocycles. The second-order valence-corrected chi connectivity index (χ2v) is 7.52. The van der Waals surface area contributed by atoms with Gasteiger partial charge < -0.3 is 15.7 Å². The monoisotopic (exact) mass is 306 g/mol. The predicted molar refractivity (Wildman–Crippen MR) is 74.2 cm³/mol. The molecule has 1 aliphatic heterocycles. The standard InChI is InChI=1S/C12H22N2O5S/c1-9(11(15)16)3-2-5-13-12(17)14-7-10-4-6-20(18,19)8-10/h9-10H,2-8H2,1H3,(H,15,16)(H2,13,14,17). The van der Waals surface area contributed by atoms with Crippen LogP contribution in [0.4, 0.5) is 4.79 Å². The van der Waals surface area contributed by atoms with Crippen molar-refractivity contribution in [1.82, 2.24) is 10.6 Å². The summed E-state index contributed by atoms with van der Waals surface area (Å²) in [5.41, 5.74) is 0. The molecule has 20 heavy (non-hydrogen) atoms. The molecule has 2 amide bonds. The minimum absolute atomic E-state index is 0.00205. The molecule has 8 heteroatoms. The van der Waals surface area contributed by atoms with Gasteiger partial charge in [0.2, 0.25) is 0 Å². The summed E-state index contributed by atoms with van der Waals surface area (Å²) in [6.07, 6.45) is 1.70. The minimum Gasteiger partial charge on any atom is -0.481 e. The maximum atomic E-state index is 11.5. The van der Waals surface area contributed by atoms with Crippen molar-refractivity contribution in [3.8, 4) is 0 Å². The first-order valence-electron chi connectivity index (χ1n) is 6.75. The molecule has 7 nitrogen and oxygen atoms in total. The number of hydrogen-bond acceptors (Lipinski definition) is 4. The molecule has 0 spiro atoms. The molecule has 2 atom stereocenters. The number of hydrogen-bond donors (Lipinski definition) is 3. The maximum absolute atomic E-state index is 11.5. The van der Waals surface area contributed by atoms with Crippen LogP contribution in [0.15, 0.2) is 0 Å². The number of nitrogens with one attached hydrogen (secondary N) is 2. The summed E-state index contributed by atoms with van der Waals surface area (Å²) in [5, 5.41) is 14.0. The zero-order valence-electron chi connectivity index (χ0n) is 11.6. The third kappa shape index (κ3) is 6.23. The van der Waals surface area contributed by atoms with E-state index in [4.69, 9.17) is 5.11 Å². The van der Waals surface area contributed by atoms with E-state index in [0.717, 1.165) is 0 Å². The van der Waals surface area contributed by atoms with Crippen LogP contribution in [0.5, 0.6) is 0 Å². The van der Waals surface area contributed by atoms with Crippen LogP contribution in [-0.4, -0.2) is 50.1 Å². The van der Waals surface area contributed by atoms with Gasteiger partial charge in [0, 0.05) is 13.1 Å². The summed E-state index contributed by atoms with van der Waals surface area (Å²) in [6.45, 7) is 2.39. The van der Waals surface area contributed by atoms with Crippen molar-refractivity contribution >= 4 is 21.8 Å². The van der Waals surface area contributed by atoms with Crippen LogP contribution >= 0.6 is 0 Å². The van der Waals surface area contributed by atoms with E-state index in [2.05, 4.69) is 10.6 Å². The first-order chi connectivity index (χ1) is 9.30. The van der Waals surface area contributed by atoms with Gasteiger partial charge in [-0.1, -0.05) is 6.92 Å². The highest BCUT2D eigenvalue weighted by molar-refractivity contribution is 7.91.